The number of sulfonamides is 1. The van der Waals surface area contributed by atoms with E-state index in [1.807, 2.05) is 98.8 Å². The summed E-state index contributed by atoms with van der Waals surface area (Å²) in [5.74, 6) is 0. The highest BCUT2D eigenvalue weighted by atomic mass is 32.2. The van der Waals surface area contributed by atoms with Gasteiger partial charge in [-0.1, -0.05) is 66.7 Å². The smallest absolute Gasteiger partial charge is 0.266 e. The van der Waals surface area contributed by atoms with Crippen molar-refractivity contribution in [2.45, 2.75) is 18.7 Å². The van der Waals surface area contributed by atoms with Gasteiger partial charge in [0.2, 0.25) is 0 Å². The van der Waals surface area contributed by atoms with Crippen LogP contribution in [0.15, 0.2) is 96.0 Å². The summed E-state index contributed by atoms with van der Waals surface area (Å²) in [4.78, 5) is 0.183. The number of hydrogen-bond acceptors (Lipinski definition) is 3. The van der Waals surface area contributed by atoms with Gasteiger partial charge in [-0.05, 0) is 37.6 Å². The van der Waals surface area contributed by atoms with Crippen molar-refractivity contribution in [2.75, 3.05) is 10.8 Å². The van der Waals surface area contributed by atoms with Gasteiger partial charge in [0.05, 0.1) is 17.6 Å². The summed E-state index contributed by atoms with van der Waals surface area (Å²) in [5, 5.41) is 4.66. The van der Waals surface area contributed by atoms with E-state index in [2.05, 4.69) is 5.10 Å². The van der Waals surface area contributed by atoms with Gasteiger partial charge in [-0.3, -0.25) is 4.31 Å². The fraction of sp³-hybridized carbons (Fsp3) is 0.125. The maximum Gasteiger partial charge on any atom is 0.268 e. The summed E-state index contributed by atoms with van der Waals surface area (Å²) >= 11 is 0. The van der Waals surface area contributed by atoms with Crippen LogP contribution in [0.2, 0.25) is 0 Å². The fourth-order valence-electron chi connectivity index (χ4n) is 3.49. The lowest BCUT2D eigenvalue weighted by molar-refractivity contribution is 0.592. The largest absolute Gasteiger partial charge is 0.268 e. The monoisotopic (exact) mass is 417 g/mol. The number of aromatic nitrogens is 2. The molecule has 0 saturated carbocycles. The summed E-state index contributed by atoms with van der Waals surface area (Å²) in [5.41, 5.74) is 3.57. The van der Waals surface area contributed by atoms with E-state index in [-0.39, 0.29) is 4.90 Å². The quantitative estimate of drug-likeness (QED) is 0.440. The Morgan fingerprint density at radius 2 is 1.47 bits per heavy atom. The van der Waals surface area contributed by atoms with Gasteiger partial charge >= 0.3 is 0 Å². The van der Waals surface area contributed by atoms with Crippen molar-refractivity contribution >= 4 is 15.7 Å². The number of aryl methyl sites for hydroxylation is 1. The van der Waals surface area contributed by atoms with E-state index in [9.17, 15) is 8.42 Å². The molecule has 0 bridgehead atoms. The second-order valence-corrected chi connectivity index (χ2v) is 8.78. The van der Waals surface area contributed by atoms with Crippen LogP contribution in [0.4, 0.5) is 5.69 Å². The molecular weight excluding hydrogens is 394 g/mol. The Labute approximate surface area is 177 Å². The van der Waals surface area contributed by atoms with Crippen molar-refractivity contribution < 1.29 is 8.42 Å². The molecule has 0 unspecified atom stereocenters. The Bertz CT molecular complexity index is 1250. The highest BCUT2D eigenvalue weighted by Gasteiger charge is 2.30. The van der Waals surface area contributed by atoms with Crippen LogP contribution in [0.5, 0.6) is 0 Å². The molecule has 0 aliphatic carbocycles. The Hall–Kier alpha value is -3.38. The van der Waals surface area contributed by atoms with Crippen LogP contribution in [0.1, 0.15) is 12.5 Å². The molecule has 6 heteroatoms. The minimum absolute atomic E-state index is 0.183. The molecule has 1 aromatic heterocycles. The second kappa shape index (κ2) is 8.16. The molecular formula is C24H23N3O2S. The van der Waals surface area contributed by atoms with Gasteiger partial charge in [-0.25, -0.2) is 13.1 Å². The molecule has 0 fully saturated rings. The number of hydrogen-bond donors (Lipinski definition) is 0. The van der Waals surface area contributed by atoms with E-state index >= 15 is 0 Å². The van der Waals surface area contributed by atoms with Gasteiger partial charge in [0.25, 0.3) is 10.0 Å². The van der Waals surface area contributed by atoms with Gasteiger partial charge in [0, 0.05) is 12.1 Å². The Morgan fingerprint density at radius 3 is 2.10 bits per heavy atom. The Morgan fingerprint density at radius 1 is 0.867 bits per heavy atom. The number of rotatable bonds is 6. The van der Waals surface area contributed by atoms with Gasteiger partial charge < -0.3 is 0 Å². The molecule has 1 heterocycles. The Kier molecular flexibility index (Phi) is 5.42. The summed E-state index contributed by atoms with van der Waals surface area (Å²) < 4.78 is 30.7. The van der Waals surface area contributed by atoms with E-state index in [0.717, 1.165) is 16.8 Å². The van der Waals surface area contributed by atoms with Crippen LogP contribution in [0.25, 0.3) is 16.9 Å². The summed E-state index contributed by atoms with van der Waals surface area (Å²) in [6, 6.07) is 26.4. The van der Waals surface area contributed by atoms with Crippen molar-refractivity contribution in [3.63, 3.8) is 0 Å². The first-order valence-corrected chi connectivity index (χ1v) is 11.2. The lowest BCUT2D eigenvalue weighted by atomic mass is 10.2. The van der Waals surface area contributed by atoms with Crippen LogP contribution >= 0.6 is 0 Å². The van der Waals surface area contributed by atoms with Gasteiger partial charge in [-0.15, -0.1) is 0 Å². The standard InChI is InChI=1S/C24H23N3O2S/c1-3-27(22-17-11-10-12-19(22)2)30(28,29)23-18-26(21-15-8-5-9-16-21)25-24(23)20-13-6-4-7-14-20/h4-18H,3H2,1-2H3. The van der Waals surface area contributed by atoms with Crippen molar-refractivity contribution in [2.24, 2.45) is 0 Å². The summed E-state index contributed by atoms with van der Waals surface area (Å²) in [6.45, 7) is 4.07. The van der Waals surface area contributed by atoms with Crippen LogP contribution in [0.3, 0.4) is 0 Å². The van der Waals surface area contributed by atoms with Crippen molar-refractivity contribution in [3.8, 4) is 16.9 Å². The predicted molar refractivity (Wildman–Crippen MR) is 120 cm³/mol. The molecule has 0 aliphatic rings. The molecule has 0 saturated heterocycles. The molecule has 4 aromatic rings. The third kappa shape index (κ3) is 3.62. The minimum Gasteiger partial charge on any atom is -0.266 e. The average Bonchev–Trinajstić information content (AvgIpc) is 3.23. The third-order valence-corrected chi connectivity index (χ3v) is 6.88. The number of nitrogens with zero attached hydrogens (tertiary/aromatic N) is 3. The maximum atomic E-state index is 13.8. The molecule has 0 atom stereocenters. The maximum absolute atomic E-state index is 13.8. The summed E-state index contributed by atoms with van der Waals surface area (Å²) in [6.07, 6.45) is 1.61. The van der Waals surface area contributed by atoms with E-state index in [4.69, 9.17) is 0 Å². The zero-order valence-corrected chi connectivity index (χ0v) is 17.8. The van der Waals surface area contributed by atoms with Crippen LogP contribution in [-0.2, 0) is 10.0 Å². The lowest BCUT2D eigenvalue weighted by Crippen LogP contribution is -2.31. The molecule has 4 rings (SSSR count). The first-order valence-electron chi connectivity index (χ1n) is 9.81. The molecule has 5 nitrogen and oxygen atoms in total. The highest BCUT2D eigenvalue weighted by molar-refractivity contribution is 7.93. The molecule has 0 amide bonds. The highest BCUT2D eigenvalue weighted by Crippen LogP contribution is 2.32. The summed E-state index contributed by atoms with van der Waals surface area (Å²) in [7, 11) is -3.84. The van der Waals surface area contributed by atoms with Gasteiger partial charge in [-0.2, -0.15) is 5.10 Å². The van der Waals surface area contributed by atoms with Crippen molar-refractivity contribution in [3.05, 3.63) is 96.7 Å². The fourth-order valence-corrected chi connectivity index (χ4v) is 5.16. The molecule has 0 N–H and O–H groups in total. The topological polar surface area (TPSA) is 55.2 Å². The van der Waals surface area contributed by atoms with Crippen molar-refractivity contribution in [1.82, 2.24) is 9.78 Å². The molecule has 3 aromatic carbocycles. The molecule has 0 spiro atoms. The Balaban J connectivity index is 1.92. The van der Waals surface area contributed by atoms with Gasteiger partial charge in [0.15, 0.2) is 0 Å². The molecule has 30 heavy (non-hydrogen) atoms. The van der Waals surface area contributed by atoms with E-state index in [1.165, 1.54) is 4.31 Å². The minimum atomic E-state index is -3.84. The molecule has 0 aliphatic heterocycles. The normalized spacial score (nSPS) is 11.4. The van der Waals surface area contributed by atoms with Crippen LogP contribution < -0.4 is 4.31 Å². The number of benzene rings is 3. The van der Waals surface area contributed by atoms with Crippen LogP contribution in [0, 0.1) is 6.92 Å². The molecule has 152 valence electrons. The first kappa shape index (κ1) is 19.9. The zero-order chi connectivity index (χ0) is 21.1. The second-order valence-electron chi connectivity index (χ2n) is 6.94. The predicted octanol–water partition coefficient (Wildman–Crippen LogP) is 5.06. The average molecular weight is 418 g/mol. The first-order chi connectivity index (χ1) is 14.5. The van der Waals surface area contributed by atoms with E-state index < -0.39 is 10.0 Å². The lowest BCUT2D eigenvalue weighted by Gasteiger charge is -2.24. The van der Waals surface area contributed by atoms with E-state index in [0.29, 0.717) is 17.9 Å². The molecule has 0 radical (unpaired) electrons. The van der Waals surface area contributed by atoms with E-state index in [1.54, 1.807) is 10.9 Å². The SMILES string of the molecule is CCN(c1ccccc1C)S(=O)(=O)c1cn(-c2ccccc2)nc1-c1ccccc1. The number of anilines is 1. The van der Waals surface area contributed by atoms with Crippen LogP contribution in [-0.4, -0.2) is 24.7 Å². The van der Waals surface area contributed by atoms with Crippen molar-refractivity contribution in [1.29, 1.82) is 0 Å². The van der Waals surface area contributed by atoms with Gasteiger partial charge in [0.1, 0.15) is 10.6 Å². The zero-order valence-electron chi connectivity index (χ0n) is 16.9. The third-order valence-electron chi connectivity index (χ3n) is 4.99. The number of para-hydroxylation sites is 2.